The lowest BCUT2D eigenvalue weighted by Gasteiger charge is -2.17. The van der Waals surface area contributed by atoms with Gasteiger partial charge in [-0.3, -0.25) is 4.79 Å². The molecule has 0 unspecified atom stereocenters. The largest absolute Gasteiger partial charge is 0.363 e. The fourth-order valence-electron chi connectivity index (χ4n) is 2.91. The van der Waals surface area contributed by atoms with Gasteiger partial charge < -0.3 is 10.2 Å². The molecule has 3 rings (SSSR count). The maximum absolute atomic E-state index is 12.6. The summed E-state index contributed by atoms with van der Waals surface area (Å²) in [4.78, 5) is 19.2. The van der Waals surface area contributed by atoms with E-state index in [-0.39, 0.29) is 5.91 Å². The number of fused-ring (bicyclic) bond motifs is 1. The molecule has 0 atom stereocenters. The molecule has 0 radical (unpaired) electrons. The molecule has 1 aromatic heterocycles. The second kappa shape index (κ2) is 5.72. The van der Waals surface area contributed by atoms with Gasteiger partial charge in [-0.25, -0.2) is 4.98 Å². The van der Waals surface area contributed by atoms with Gasteiger partial charge in [-0.2, -0.15) is 0 Å². The quantitative estimate of drug-likeness (QED) is 0.942. The normalized spacial score (nSPS) is 15.3. The highest BCUT2D eigenvalue weighted by Crippen LogP contribution is 2.23. The monoisotopic (exact) mass is 283 g/mol. The molecule has 4 heteroatoms. The van der Waals surface area contributed by atoms with Crippen LogP contribution in [0.1, 0.15) is 36.0 Å². The summed E-state index contributed by atoms with van der Waals surface area (Å²) < 4.78 is 0. The average molecular weight is 283 g/mol. The Balaban J connectivity index is 2.00. The summed E-state index contributed by atoms with van der Waals surface area (Å²) in [5.74, 6) is 0.828. The summed E-state index contributed by atoms with van der Waals surface area (Å²) in [6.45, 7) is 0. The van der Waals surface area contributed by atoms with Crippen molar-refractivity contribution < 1.29 is 4.79 Å². The minimum atomic E-state index is 0.0172. The van der Waals surface area contributed by atoms with Crippen molar-refractivity contribution in [3.05, 3.63) is 35.9 Å². The smallest absolute Gasteiger partial charge is 0.252 e. The van der Waals surface area contributed by atoms with Crippen LogP contribution in [0, 0.1) is 0 Å². The fourth-order valence-corrected chi connectivity index (χ4v) is 2.91. The van der Waals surface area contributed by atoms with E-state index in [4.69, 9.17) is 0 Å². The molecule has 1 aromatic carbocycles. The number of benzene rings is 1. The SMILES string of the molecule is CN(C)c1cc(C(=O)NC2CCCC2)c2ccccc2n1. The van der Waals surface area contributed by atoms with Gasteiger partial charge in [0.05, 0.1) is 11.1 Å². The maximum Gasteiger partial charge on any atom is 0.252 e. The number of amides is 1. The minimum Gasteiger partial charge on any atom is -0.363 e. The molecule has 1 fully saturated rings. The number of carbonyl (C=O) groups is 1. The molecule has 1 aliphatic carbocycles. The molecule has 1 aliphatic rings. The van der Waals surface area contributed by atoms with Gasteiger partial charge in [0.1, 0.15) is 5.82 Å². The summed E-state index contributed by atoms with van der Waals surface area (Å²) in [5, 5.41) is 4.08. The molecule has 0 aliphatic heterocycles. The number of carbonyl (C=O) groups excluding carboxylic acids is 1. The zero-order valence-corrected chi connectivity index (χ0v) is 12.6. The molecule has 110 valence electrons. The van der Waals surface area contributed by atoms with E-state index in [1.54, 1.807) is 0 Å². The average Bonchev–Trinajstić information content (AvgIpc) is 2.98. The highest BCUT2D eigenvalue weighted by molar-refractivity contribution is 6.07. The first-order valence-corrected chi connectivity index (χ1v) is 7.53. The van der Waals surface area contributed by atoms with E-state index in [9.17, 15) is 4.79 Å². The van der Waals surface area contributed by atoms with Crippen LogP contribution in [0.4, 0.5) is 5.82 Å². The van der Waals surface area contributed by atoms with Crippen molar-refractivity contribution in [1.29, 1.82) is 0 Å². The van der Waals surface area contributed by atoms with Crippen LogP contribution in [0.3, 0.4) is 0 Å². The lowest BCUT2D eigenvalue weighted by molar-refractivity contribution is 0.0939. The van der Waals surface area contributed by atoms with E-state index in [1.165, 1.54) is 12.8 Å². The third kappa shape index (κ3) is 2.84. The summed E-state index contributed by atoms with van der Waals surface area (Å²) in [6, 6.07) is 10.0. The van der Waals surface area contributed by atoms with Crippen molar-refractivity contribution in [2.45, 2.75) is 31.7 Å². The van der Waals surface area contributed by atoms with Crippen LogP contribution in [0.5, 0.6) is 0 Å². The Morgan fingerprint density at radius 1 is 1.24 bits per heavy atom. The molecular weight excluding hydrogens is 262 g/mol. The molecule has 0 spiro atoms. The molecule has 1 heterocycles. The van der Waals surface area contributed by atoms with Gasteiger partial charge in [-0.05, 0) is 25.0 Å². The Kier molecular flexibility index (Phi) is 3.78. The predicted molar refractivity (Wildman–Crippen MR) is 85.8 cm³/mol. The minimum absolute atomic E-state index is 0.0172. The standard InChI is InChI=1S/C17H21N3O/c1-20(2)16-11-14(13-9-5-6-10-15(13)19-16)17(21)18-12-7-3-4-8-12/h5-6,9-12H,3-4,7-8H2,1-2H3,(H,18,21). The van der Waals surface area contributed by atoms with Crippen molar-refractivity contribution in [2.24, 2.45) is 0 Å². The van der Waals surface area contributed by atoms with Crippen molar-refractivity contribution in [3.63, 3.8) is 0 Å². The Morgan fingerprint density at radius 3 is 2.67 bits per heavy atom. The maximum atomic E-state index is 12.6. The zero-order chi connectivity index (χ0) is 14.8. The van der Waals surface area contributed by atoms with E-state index in [1.807, 2.05) is 49.3 Å². The molecule has 0 bridgehead atoms. The van der Waals surface area contributed by atoms with Gasteiger partial charge in [0.25, 0.3) is 5.91 Å². The first kappa shape index (κ1) is 13.9. The molecule has 1 amide bonds. The second-order valence-electron chi connectivity index (χ2n) is 5.89. The number of hydrogen-bond acceptors (Lipinski definition) is 3. The Hall–Kier alpha value is -2.10. The summed E-state index contributed by atoms with van der Waals surface area (Å²) >= 11 is 0. The van der Waals surface area contributed by atoms with Crippen LogP contribution < -0.4 is 10.2 Å². The van der Waals surface area contributed by atoms with Crippen molar-refractivity contribution in [3.8, 4) is 0 Å². The van der Waals surface area contributed by atoms with Gasteiger partial charge in [0, 0.05) is 25.5 Å². The summed E-state index contributed by atoms with van der Waals surface area (Å²) in [6.07, 6.45) is 4.61. The summed E-state index contributed by atoms with van der Waals surface area (Å²) in [7, 11) is 3.88. The lowest BCUT2D eigenvalue weighted by Crippen LogP contribution is -2.32. The van der Waals surface area contributed by atoms with Crippen LogP contribution in [-0.2, 0) is 0 Å². The molecule has 1 N–H and O–H groups in total. The van der Waals surface area contributed by atoms with Gasteiger partial charge in [0.2, 0.25) is 0 Å². The molecule has 4 nitrogen and oxygen atoms in total. The first-order chi connectivity index (χ1) is 10.1. The van der Waals surface area contributed by atoms with Gasteiger partial charge in [0.15, 0.2) is 0 Å². The first-order valence-electron chi connectivity index (χ1n) is 7.53. The van der Waals surface area contributed by atoms with Crippen LogP contribution in [0.15, 0.2) is 30.3 Å². The van der Waals surface area contributed by atoms with E-state index in [0.29, 0.717) is 6.04 Å². The zero-order valence-electron chi connectivity index (χ0n) is 12.6. The number of rotatable bonds is 3. The van der Waals surface area contributed by atoms with Crippen molar-refractivity contribution in [1.82, 2.24) is 10.3 Å². The second-order valence-corrected chi connectivity index (χ2v) is 5.89. The molecular formula is C17H21N3O. The number of para-hydroxylation sites is 1. The summed E-state index contributed by atoms with van der Waals surface area (Å²) in [5.41, 5.74) is 1.58. The third-order valence-electron chi connectivity index (χ3n) is 4.10. The number of anilines is 1. The third-order valence-corrected chi connectivity index (χ3v) is 4.10. The van der Waals surface area contributed by atoms with Gasteiger partial charge in [-0.15, -0.1) is 0 Å². The van der Waals surface area contributed by atoms with Crippen LogP contribution in [0.2, 0.25) is 0 Å². The number of nitrogens with one attached hydrogen (secondary N) is 1. The number of pyridine rings is 1. The van der Waals surface area contributed by atoms with E-state index < -0.39 is 0 Å². The molecule has 2 aromatic rings. The van der Waals surface area contributed by atoms with E-state index >= 15 is 0 Å². The van der Waals surface area contributed by atoms with E-state index in [2.05, 4.69) is 10.3 Å². The number of aromatic nitrogens is 1. The van der Waals surface area contributed by atoms with E-state index in [0.717, 1.165) is 35.1 Å². The van der Waals surface area contributed by atoms with Gasteiger partial charge in [-0.1, -0.05) is 31.0 Å². The Labute approximate surface area is 125 Å². The Morgan fingerprint density at radius 2 is 1.95 bits per heavy atom. The fraction of sp³-hybridized carbons (Fsp3) is 0.412. The van der Waals surface area contributed by atoms with Crippen molar-refractivity contribution >= 4 is 22.6 Å². The lowest BCUT2D eigenvalue weighted by atomic mass is 10.1. The van der Waals surface area contributed by atoms with Crippen LogP contribution in [0.25, 0.3) is 10.9 Å². The topological polar surface area (TPSA) is 45.2 Å². The predicted octanol–water partition coefficient (Wildman–Crippen LogP) is 2.97. The molecule has 21 heavy (non-hydrogen) atoms. The van der Waals surface area contributed by atoms with Crippen molar-refractivity contribution in [2.75, 3.05) is 19.0 Å². The number of nitrogens with zero attached hydrogens (tertiary/aromatic N) is 2. The highest BCUT2D eigenvalue weighted by Gasteiger charge is 2.20. The molecule has 0 saturated heterocycles. The highest BCUT2D eigenvalue weighted by atomic mass is 16.1. The molecule has 1 saturated carbocycles. The van der Waals surface area contributed by atoms with Crippen LogP contribution in [-0.4, -0.2) is 31.0 Å². The van der Waals surface area contributed by atoms with Crippen LogP contribution >= 0.6 is 0 Å². The van der Waals surface area contributed by atoms with Gasteiger partial charge >= 0.3 is 0 Å². The Bertz CT molecular complexity index is 660. The number of hydrogen-bond donors (Lipinski definition) is 1.